The van der Waals surface area contributed by atoms with E-state index in [1.54, 1.807) is 6.07 Å². The van der Waals surface area contributed by atoms with Crippen molar-refractivity contribution in [2.75, 3.05) is 6.54 Å². The third kappa shape index (κ3) is 3.68. The second-order valence-electron chi connectivity index (χ2n) is 3.82. The minimum absolute atomic E-state index is 0.0587. The van der Waals surface area contributed by atoms with Gasteiger partial charge in [-0.3, -0.25) is 4.79 Å². The van der Waals surface area contributed by atoms with Crippen LogP contribution in [0.5, 0.6) is 0 Å². The highest BCUT2D eigenvalue weighted by Gasteiger charge is 2.06. The Hall–Kier alpha value is -2.09. The molecule has 1 amide bonds. The van der Waals surface area contributed by atoms with E-state index < -0.39 is 0 Å². The van der Waals surface area contributed by atoms with E-state index in [0.29, 0.717) is 18.0 Å². The van der Waals surface area contributed by atoms with Gasteiger partial charge in [0.25, 0.3) is 5.91 Å². The van der Waals surface area contributed by atoms with Gasteiger partial charge >= 0.3 is 0 Å². The molecule has 4 heteroatoms. The smallest absolute Gasteiger partial charge is 0.261 e. The zero-order valence-electron chi connectivity index (χ0n) is 10.3. The summed E-state index contributed by atoms with van der Waals surface area (Å²) in [5.74, 6) is 5.78. The highest BCUT2D eigenvalue weighted by atomic mass is 32.1. The van der Waals surface area contributed by atoms with Crippen molar-refractivity contribution in [3.05, 3.63) is 57.8 Å². The Morgan fingerprint density at radius 3 is 2.84 bits per heavy atom. The predicted octanol–water partition coefficient (Wildman–Crippen LogP) is 1.99. The van der Waals surface area contributed by atoms with Gasteiger partial charge in [0, 0.05) is 12.1 Å². The number of benzene rings is 1. The molecule has 0 atom stereocenters. The van der Waals surface area contributed by atoms with E-state index in [2.05, 4.69) is 17.2 Å². The molecule has 2 aromatic rings. The molecule has 0 unspecified atom stereocenters. The fourth-order valence-corrected chi connectivity index (χ4v) is 2.25. The maximum Gasteiger partial charge on any atom is 0.261 e. The molecule has 0 spiro atoms. The van der Waals surface area contributed by atoms with Crippen LogP contribution in [-0.4, -0.2) is 12.5 Å². The lowest BCUT2D eigenvalue weighted by Crippen LogP contribution is -2.22. The molecular formula is C15H14N2OS. The minimum Gasteiger partial charge on any atom is -0.347 e. The number of nitrogens with two attached hydrogens (primary N) is 1. The molecule has 0 aliphatic heterocycles. The van der Waals surface area contributed by atoms with E-state index in [1.807, 2.05) is 35.7 Å². The zero-order valence-corrected chi connectivity index (χ0v) is 11.2. The first-order valence-electron chi connectivity index (χ1n) is 5.90. The Morgan fingerprint density at radius 1 is 1.26 bits per heavy atom. The van der Waals surface area contributed by atoms with E-state index in [-0.39, 0.29) is 5.91 Å². The van der Waals surface area contributed by atoms with E-state index in [1.165, 1.54) is 11.3 Å². The Kier molecular flexibility index (Phi) is 4.73. The fraction of sp³-hybridized carbons (Fsp3) is 0.133. The number of hydrogen-bond donors (Lipinski definition) is 2. The monoisotopic (exact) mass is 270 g/mol. The van der Waals surface area contributed by atoms with Crippen molar-refractivity contribution < 1.29 is 4.79 Å². The first kappa shape index (κ1) is 13.3. The summed E-state index contributed by atoms with van der Waals surface area (Å²) in [6, 6.07) is 11.4. The zero-order chi connectivity index (χ0) is 13.5. The first-order valence-corrected chi connectivity index (χ1v) is 6.78. The van der Waals surface area contributed by atoms with Crippen LogP contribution in [0.4, 0.5) is 0 Å². The summed E-state index contributed by atoms with van der Waals surface area (Å²) in [7, 11) is 0. The van der Waals surface area contributed by atoms with Crippen LogP contribution in [-0.2, 0) is 6.54 Å². The summed E-state index contributed by atoms with van der Waals surface area (Å²) in [5.41, 5.74) is 7.27. The maximum atomic E-state index is 11.8. The molecule has 19 heavy (non-hydrogen) atoms. The molecule has 0 bridgehead atoms. The molecule has 0 aliphatic rings. The molecule has 96 valence electrons. The summed E-state index contributed by atoms with van der Waals surface area (Å²) in [6.45, 7) is 0.794. The van der Waals surface area contributed by atoms with Gasteiger partial charge in [0.15, 0.2) is 0 Å². The number of carbonyl (C=O) groups is 1. The lowest BCUT2D eigenvalue weighted by Gasteiger charge is -2.06. The van der Waals surface area contributed by atoms with Crippen molar-refractivity contribution >= 4 is 17.2 Å². The molecule has 0 radical (unpaired) electrons. The standard InChI is InChI=1S/C15H14N2OS/c16-9-3-7-12-5-1-2-6-13(12)11-17-15(18)14-8-4-10-19-14/h1-2,4-6,8,10H,9,11,16H2,(H,17,18). The second kappa shape index (κ2) is 6.74. The molecule has 0 saturated heterocycles. The van der Waals surface area contributed by atoms with Gasteiger partial charge in [-0.25, -0.2) is 0 Å². The van der Waals surface area contributed by atoms with Crippen LogP contribution in [0.25, 0.3) is 0 Å². The van der Waals surface area contributed by atoms with E-state index in [0.717, 1.165) is 11.1 Å². The van der Waals surface area contributed by atoms with Crippen LogP contribution in [0.15, 0.2) is 41.8 Å². The molecule has 1 aromatic carbocycles. The fourth-order valence-electron chi connectivity index (χ4n) is 1.61. The van der Waals surface area contributed by atoms with Gasteiger partial charge in [-0.15, -0.1) is 11.3 Å². The number of thiophene rings is 1. The topological polar surface area (TPSA) is 55.1 Å². The summed E-state index contributed by atoms with van der Waals surface area (Å²) in [4.78, 5) is 12.6. The number of hydrogen-bond acceptors (Lipinski definition) is 3. The number of nitrogens with one attached hydrogen (secondary N) is 1. The lowest BCUT2D eigenvalue weighted by atomic mass is 10.1. The van der Waals surface area contributed by atoms with Crippen LogP contribution < -0.4 is 11.1 Å². The average molecular weight is 270 g/mol. The molecule has 2 rings (SSSR count). The van der Waals surface area contributed by atoms with Crippen LogP contribution in [0, 0.1) is 11.8 Å². The van der Waals surface area contributed by atoms with Gasteiger partial charge < -0.3 is 11.1 Å². The Labute approximate surface area is 116 Å². The summed E-state index contributed by atoms with van der Waals surface area (Å²) < 4.78 is 0. The molecular weight excluding hydrogens is 256 g/mol. The highest BCUT2D eigenvalue weighted by Crippen LogP contribution is 2.10. The third-order valence-corrected chi connectivity index (χ3v) is 3.40. The van der Waals surface area contributed by atoms with Gasteiger partial charge in [-0.2, -0.15) is 0 Å². The van der Waals surface area contributed by atoms with Crippen molar-refractivity contribution in [2.24, 2.45) is 5.73 Å². The van der Waals surface area contributed by atoms with Gasteiger partial charge in [-0.05, 0) is 23.1 Å². The van der Waals surface area contributed by atoms with Crippen molar-refractivity contribution in [3.8, 4) is 11.8 Å². The normalized spacial score (nSPS) is 9.53. The van der Waals surface area contributed by atoms with Crippen molar-refractivity contribution in [2.45, 2.75) is 6.54 Å². The molecule has 1 aromatic heterocycles. The Bertz CT molecular complexity index is 609. The van der Waals surface area contributed by atoms with E-state index >= 15 is 0 Å². The maximum absolute atomic E-state index is 11.8. The summed E-state index contributed by atoms with van der Waals surface area (Å²) in [6.07, 6.45) is 0. The molecule has 0 aliphatic carbocycles. The average Bonchev–Trinajstić information content (AvgIpc) is 2.97. The van der Waals surface area contributed by atoms with Gasteiger partial charge in [0.05, 0.1) is 11.4 Å². The Morgan fingerprint density at radius 2 is 2.11 bits per heavy atom. The van der Waals surface area contributed by atoms with E-state index in [4.69, 9.17) is 5.73 Å². The highest BCUT2D eigenvalue weighted by molar-refractivity contribution is 7.12. The molecule has 0 saturated carbocycles. The quantitative estimate of drug-likeness (QED) is 0.838. The largest absolute Gasteiger partial charge is 0.347 e. The van der Waals surface area contributed by atoms with Crippen LogP contribution in [0.3, 0.4) is 0 Å². The molecule has 1 heterocycles. The summed E-state index contributed by atoms with van der Waals surface area (Å²) in [5, 5.41) is 4.78. The predicted molar refractivity (Wildman–Crippen MR) is 77.9 cm³/mol. The summed E-state index contributed by atoms with van der Waals surface area (Å²) >= 11 is 1.43. The molecule has 3 nitrogen and oxygen atoms in total. The van der Waals surface area contributed by atoms with Gasteiger partial charge in [0.1, 0.15) is 0 Å². The molecule has 0 fully saturated rings. The van der Waals surface area contributed by atoms with Gasteiger partial charge in [-0.1, -0.05) is 36.1 Å². The van der Waals surface area contributed by atoms with E-state index in [9.17, 15) is 4.79 Å². The number of rotatable bonds is 3. The lowest BCUT2D eigenvalue weighted by molar-refractivity contribution is 0.0955. The first-order chi connectivity index (χ1) is 9.31. The minimum atomic E-state index is -0.0587. The van der Waals surface area contributed by atoms with Gasteiger partial charge in [0.2, 0.25) is 0 Å². The van der Waals surface area contributed by atoms with Crippen LogP contribution >= 0.6 is 11.3 Å². The van der Waals surface area contributed by atoms with Crippen LogP contribution in [0.2, 0.25) is 0 Å². The van der Waals surface area contributed by atoms with Crippen molar-refractivity contribution in [3.63, 3.8) is 0 Å². The van der Waals surface area contributed by atoms with Crippen molar-refractivity contribution in [1.29, 1.82) is 0 Å². The number of amides is 1. The molecule has 3 N–H and O–H groups in total. The second-order valence-corrected chi connectivity index (χ2v) is 4.77. The van der Waals surface area contributed by atoms with Crippen molar-refractivity contribution in [1.82, 2.24) is 5.32 Å². The van der Waals surface area contributed by atoms with Crippen LogP contribution in [0.1, 0.15) is 20.8 Å². The number of carbonyl (C=O) groups excluding carboxylic acids is 1. The SMILES string of the molecule is NCC#Cc1ccccc1CNC(=O)c1cccs1. The third-order valence-electron chi connectivity index (χ3n) is 2.53. The Balaban J connectivity index is 2.05.